The summed E-state index contributed by atoms with van der Waals surface area (Å²) in [5.41, 5.74) is 2.75. The summed E-state index contributed by atoms with van der Waals surface area (Å²) in [5.74, 6) is -1.92. The molecule has 2 atom stereocenters. The summed E-state index contributed by atoms with van der Waals surface area (Å²) in [4.78, 5) is 55.8. The van der Waals surface area contributed by atoms with Crippen molar-refractivity contribution in [3.05, 3.63) is 59.7 Å². The zero-order chi connectivity index (χ0) is 32.9. The first kappa shape index (κ1) is 33.3. The third-order valence-corrected chi connectivity index (χ3v) is 7.36. The number of fused-ring (bicyclic) bond motifs is 3. The minimum absolute atomic E-state index is 0.0495. The minimum atomic E-state index is -1.14. The summed E-state index contributed by atoms with van der Waals surface area (Å²) < 4.78 is 16.3. The summed E-state index contributed by atoms with van der Waals surface area (Å²) in [6, 6.07) is 14.9. The third-order valence-electron chi connectivity index (χ3n) is 7.36. The van der Waals surface area contributed by atoms with Gasteiger partial charge in [-0.05, 0) is 82.6 Å². The van der Waals surface area contributed by atoms with Crippen molar-refractivity contribution in [2.45, 2.75) is 77.5 Å². The van der Waals surface area contributed by atoms with Gasteiger partial charge in [0.2, 0.25) is 5.96 Å². The van der Waals surface area contributed by atoms with Crippen LogP contribution in [0.1, 0.15) is 71.4 Å². The molecule has 0 unspecified atom stereocenters. The highest BCUT2D eigenvalue weighted by Gasteiger charge is 2.43. The highest BCUT2D eigenvalue weighted by molar-refractivity contribution is 6.01. The number of carbonyl (C=O) groups excluding carboxylic acids is 3. The third kappa shape index (κ3) is 8.74. The number of alkyl carbamates (subject to hydrolysis) is 2. The van der Waals surface area contributed by atoms with Gasteiger partial charge < -0.3 is 19.3 Å². The Hall–Kier alpha value is -4.61. The van der Waals surface area contributed by atoms with Crippen LogP contribution in [0, 0.1) is 5.92 Å². The van der Waals surface area contributed by atoms with Gasteiger partial charge in [0.05, 0.1) is 0 Å². The molecule has 4 rings (SSSR count). The predicted molar refractivity (Wildman–Crippen MR) is 167 cm³/mol. The highest BCUT2D eigenvalue weighted by Crippen LogP contribution is 2.44. The van der Waals surface area contributed by atoms with Gasteiger partial charge in [-0.2, -0.15) is 0 Å². The number of carboxylic acids is 1. The van der Waals surface area contributed by atoms with E-state index in [2.05, 4.69) is 15.6 Å². The number of nitrogens with one attached hydrogen (secondary N) is 2. The molecule has 0 radical (unpaired) electrons. The van der Waals surface area contributed by atoms with Crippen LogP contribution in [0.5, 0.6) is 0 Å². The van der Waals surface area contributed by atoms with E-state index in [-0.39, 0.29) is 38.0 Å². The van der Waals surface area contributed by atoms with E-state index in [1.807, 2.05) is 48.5 Å². The number of guanidine groups is 1. The van der Waals surface area contributed by atoms with Crippen LogP contribution in [0.25, 0.3) is 11.1 Å². The van der Waals surface area contributed by atoms with Crippen molar-refractivity contribution in [3.63, 3.8) is 0 Å². The molecule has 12 nitrogen and oxygen atoms in total. The molecule has 45 heavy (non-hydrogen) atoms. The molecule has 1 heterocycles. The Morgan fingerprint density at radius 1 is 0.867 bits per heavy atom. The van der Waals surface area contributed by atoms with Gasteiger partial charge in [-0.3, -0.25) is 20.5 Å². The van der Waals surface area contributed by atoms with Crippen LogP contribution in [0.4, 0.5) is 14.4 Å². The highest BCUT2D eigenvalue weighted by atomic mass is 16.6. The van der Waals surface area contributed by atoms with Crippen molar-refractivity contribution >= 4 is 30.2 Å². The molecule has 242 valence electrons. The number of aliphatic carboxylic acids is 1. The lowest BCUT2D eigenvalue weighted by molar-refractivity contribution is -0.143. The fourth-order valence-corrected chi connectivity index (χ4v) is 5.63. The number of carboxylic acid groups (broad SMARTS) is 1. The second-order valence-corrected chi connectivity index (χ2v) is 13.1. The van der Waals surface area contributed by atoms with Crippen molar-refractivity contribution in [2.24, 2.45) is 10.9 Å². The smallest absolute Gasteiger partial charge is 0.414 e. The van der Waals surface area contributed by atoms with Crippen molar-refractivity contribution in [3.8, 4) is 11.1 Å². The average molecular weight is 623 g/mol. The first-order valence-electron chi connectivity index (χ1n) is 15.0. The fourth-order valence-electron chi connectivity index (χ4n) is 5.63. The quantitative estimate of drug-likeness (QED) is 0.216. The Labute approximate surface area is 263 Å². The topological polar surface area (TPSA) is 156 Å². The molecule has 3 amide bonds. The maximum absolute atomic E-state index is 13.2. The number of carbonyl (C=O) groups is 4. The van der Waals surface area contributed by atoms with E-state index in [0.29, 0.717) is 6.42 Å². The fraction of sp³-hybridized carbons (Fsp3) is 0.485. The van der Waals surface area contributed by atoms with E-state index in [0.717, 1.165) is 22.3 Å². The second-order valence-electron chi connectivity index (χ2n) is 13.1. The van der Waals surface area contributed by atoms with Gasteiger partial charge in [0.25, 0.3) is 0 Å². The number of amides is 3. The molecule has 2 aromatic rings. The molecule has 1 aliphatic heterocycles. The van der Waals surface area contributed by atoms with Gasteiger partial charge >= 0.3 is 24.2 Å². The number of aliphatic imine (C=N–C) groups is 1. The number of rotatable bonds is 6. The maximum Gasteiger partial charge on any atom is 0.414 e. The Morgan fingerprint density at radius 2 is 1.38 bits per heavy atom. The van der Waals surface area contributed by atoms with Crippen molar-refractivity contribution in [2.75, 3.05) is 19.7 Å². The molecule has 3 N–H and O–H groups in total. The molecule has 0 saturated carbocycles. The van der Waals surface area contributed by atoms with Crippen LogP contribution in [0.15, 0.2) is 53.5 Å². The number of benzene rings is 2. The molecule has 0 aromatic heterocycles. The first-order valence-corrected chi connectivity index (χ1v) is 15.0. The van der Waals surface area contributed by atoms with E-state index in [1.54, 1.807) is 41.5 Å². The van der Waals surface area contributed by atoms with Gasteiger partial charge in [0.15, 0.2) is 0 Å². The van der Waals surface area contributed by atoms with Crippen molar-refractivity contribution in [1.29, 1.82) is 0 Å². The van der Waals surface area contributed by atoms with Gasteiger partial charge in [-0.25, -0.2) is 19.2 Å². The molecule has 2 aromatic carbocycles. The van der Waals surface area contributed by atoms with E-state index in [9.17, 15) is 24.3 Å². The molecular formula is C33H42N4O8. The van der Waals surface area contributed by atoms with E-state index in [1.165, 1.54) is 4.90 Å². The summed E-state index contributed by atoms with van der Waals surface area (Å²) in [7, 11) is 0. The summed E-state index contributed by atoms with van der Waals surface area (Å²) in [6.07, 6.45) is -1.66. The van der Waals surface area contributed by atoms with E-state index < -0.39 is 47.4 Å². The molecular weight excluding hydrogens is 580 g/mol. The molecule has 0 bridgehead atoms. The van der Waals surface area contributed by atoms with Crippen molar-refractivity contribution in [1.82, 2.24) is 15.5 Å². The number of likely N-dealkylation sites (tertiary alicyclic amines) is 1. The number of hydrogen-bond acceptors (Lipinski definition) is 8. The van der Waals surface area contributed by atoms with Crippen LogP contribution in [-0.2, 0) is 19.0 Å². The Morgan fingerprint density at radius 3 is 1.87 bits per heavy atom. The average Bonchev–Trinajstić information content (AvgIpc) is 3.49. The molecule has 2 aliphatic rings. The molecule has 1 fully saturated rings. The zero-order valence-electron chi connectivity index (χ0n) is 26.6. The SMILES string of the molecule is CC(C)(C)OC(=O)NC(=NCC[C@H]1CCN(C(=O)OCC2c3ccccc3-c3ccccc32)[C@@H]1C(=O)O)NC(=O)OC(C)(C)C. The largest absolute Gasteiger partial charge is 0.480 e. The standard InChI is InChI=1S/C33H42N4O8/c1-32(2,3)44-29(40)35-28(36-30(41)45-33(4,5)6)34-17-15-20-16-18-37(26(20)27(38)39)31(42)43-19-25-23-13-9-7-11-21(23)22-12-8-10-14-24(22)25/h7-14,20,25-26H,15-19H2,1-6H3,(H,38,39)(H2,34,35,36,40,41)/t20-,26-/m0/s1. The number of nitrogens with zero attached hydrogens (tertiary/aromatic N) is 2. The Kier molecular flexibility index (Phi) is 10.0. The van der Waals surface area contributed by atoms with Gasteiger partial charge in [0, 0.05) is 19.0 Å². The molecule has 1 aliphatic carbocycles. The summed E-state index contributed by atoms with van der Waals surface area (Å²) in [6.45, 7) is 10.5. The zero-order valence-corrected chi connectivity index (χ0v) is 26.6. The summed E-state index contributed by atoms with van der Waals surface area (Å²) >= 11 is 0. The normalized spacial score (nSPS) is 17.5. The minimum Gasteiger partial charge on any atom is -0.480 e. The van der Waals surface area contributed by atoms with E-state index >= 15 is 0 Å². The van der Waals surface area contributed by atoms with Crippen LogP contribution >= 0.6 is 0 Å². The van der Waals surface area contributed by atoms with Crippen LogP contribution < -0.4 is 10.6 Å². The summed E-state index contributed by atoms with van der Waals surface area (Å²) in [5, 5.41) is 14.9. The lowest BCUT2D eigenvalue weighted by Gasteiger charge is -2.25. The van der Waals surface area contributed by atoms with Crippen LogP contribution in [-0.4, -0.2) is 77.2 Å². The monoisotopic (exact) mass is 622 g/mol. The Balaban J connectivity index is 1.40. The predicted octanol–water partition coefficient (Wildman–Crippen LogP) is 5.51. The van der Waals surface area contributed by atoms with Gasteiger partial charge in [-0.15, -0.1) is 0 Å². The Bertz CT molecular complexity index is 1380. The van der Waals surface area contributed by atoms with E-state index in [4.69, 9.17) is 14.2 Å². The molecule has 12 heteroatoms. The van der Waals surface area contributed by atoms with Gasteiger partial charge in [0.1, 0.15) is 23.9 Å². The van der Waals surface area contributed by atoms with Gasteiger partial charge in [-0.1, -0.05) is 48.5 Å². The first-order chi connectivity index (χ1) is 21.1. The van der Waals surface area contributed by atoms with Crippen molar-refractivity contribution < 1.29 is 38.5 Å². The van der Waals surface area contributed by atoms with Crippen LogP contribution in [0.2, 0.25) is 0 Å². The molecule has 1 saturated heterocycles. The maximum atomic E-state index is 13.2. The number of hydrogen-bond donors (Lipinski definition) is 3. The van der Waals surface area contributed by atoms with Crippen LogP contribution in [0.3, 0.4) is 0 Å². The second kappa shape index (κ2) is 13.6. The number of ether oxygens (including phenoxy) is 3. The lowest BCUT2D eigenvalue weighted by atomic mass is 9.97. The lowest BCUT2D eigenvalue weighted by Crippen LogP contribution is -2.47. The molecule has 0 spiro atoms.